The van der Waals surface area contributed by atoms with E-state index in [2.05, 4.69) is 4.98 Å². The zero-order chi connectivity index (χ0) is 17.4. The molecule has 134 valence electrons. The van der Waals surface area contributed by atoms with Crippen LogP contribution in [-0.2, 0) is 4.74 Å². The first-order valence-corrected chi connectivity index (χ1v) is 8.91. The number of benzene rings is 1. The molecular weight excluding hydrogens is 320 g/mol. The molecule has 1 saturated carbocycles. The summed E-state index contributed by atoms with van der Waals surface area (Å²) in [6.07, 6.45) is 2.43. The maximum Gasteiger partial charge on any atom is 0.270 e. The highest BCUT2D eigenvalue weighted by molar-refractivity contribution is 5.98. The van der Waals surface area contributed by atoms with Crippen LogP contribution >= 0.6 is 0 Å². The molecule has 1 saturated heterocycles. The Kier molecular flexibility index (Phi) is 4.39. The zero-order valence-electron chi connectivity index (χ0n) is 14.4. The van der Waals surface area contributed by atoms with Crippen molar-refractivity contribution in [3.8, 4) is 5.75 Å². The minimum absolute atomic E-state index is 0.0254. The van der Waals surface area contributed by atoms with E-state index in [0.717, 1.165) is 35.9 Å². The number of aromatic nitrogens is 1. The maximum absolute atomic E-state index is 13.1. The molecule has 1 aliphatic heterocycles. The molecule has 2 fully saturated rings. The van der Waals surface area contributed by atoms with Gasteiger partial charge in [-0.05, 0) is 37.1 Å². The summed E-state index contributed by atoms with van der Waals surface area (Å²) in [5, 5.41) is 11.2. The number of nitrogens with one attached hydrogen (secondary N) is 1. The summed E-state index contributed by atoms with van der Waals surface area (Å²) < 4.78 is 10.9. The third kappa shape index (κ3) is 3.00. The van der Waals surface area contributed by atoms with Gasteiger partial charge in [0.15, 0.2) is 0 Å². The molecule has 3 atom stereocenters. The van der Waals surface area contributed by atoms with Gasteiger partial charge in [-0.2, -0.15) is 0 Å². The number of carbonyl (C=O) groups is 1. The second-order valence-corrected chi connectivity index (χ2v) is 6.94. The van der Waals surface area contributed by atoms with E-state index in [1.807, 2.05) is 29.2 Å². The van der Waals surface area contributed by atoms with Crippen LogP contribution in [0.5, 0.6) is 5.75 Å². The maximum atomic E-state index is 13.1. The smallest absolute Gasteiger partial charge is 0.270 e. The van der Waals surface area contributed by atoms with Crippen LogP contribution in [0.3, 0.4) is 0 Å². The van der Waals surface area contributed by atoms with Crippen LogP contribution in [0.25, 0.3) is 10.9 Å². The van der Waals surface area contributed by atoms with Crippen LogP contribution in [0, 0.1) is 5.92 Å². The largest absolute Gasteiger partial charge is 0.497 e. The quantitative estimate of drug-likeness (QED) is 0.895. The molecule has 1 aromatic heterocycles. The first-order chi connectivity index (χ1) is 12.2. The number of aromatic amines is 1. The van der Waals surface area contributed by atoms with Crippen LogP contribution in [0.15, 0.2) is 24.3 Å². The number of hydrogen-bond acceptors (Lipinski definition) is 4. The average Bonchev–Trinajstić information content (AvgIpc) is 3.26. The summed E-state index contributed by atoms with van der Waals surface area (Å²) in [7, 11) is 1.63. The fourth-order valence-corrected chi connectivity index (χ4v) is 4.16. The van der Waals surface area contributed by atoms with Gasteiger partial charge in [-0.1, -0.05) is 6.42 Å². The predicted molar refractivity (Wildman–Crippen MR) is 93.8 cm³/mol. The average molecular weight is 344 g/mol. The van der Waals surface area contributed by atoms with Crippen LogP contribution in [-0.4, -0.2) is 59.9 Å². The van der Waals surface area contributed by atoms with Gasteiger partial charge < -0.3 is 24.5 Å². The molecule has 2 aromatic rings. The molecule has 2 N–H and O–H groups in total. The summed E-state index contributed by atoms with van der Waals surface area (Å²) in [4.78, 5) is 18.2. The highest BCUT2D eigenvalue weighted by Gasteiger charge is 2.39. The Morgan fingerprint density at radius 1 is 1.36 bits per heavy atom. The summed E-state index contributed by atoms with van der Waals surface area (Å²) in [6.45, 7) is 1.60. The molecule has 6 nitrogen and oxygen atoms in total. The number of methoxy groups -OCH3 is 1. The summed E-state index contributed by atoms with van der Waals surface area (Å²) in [5.41, 5.74) is 1.48. The number of fused-ring (bicyclic) bond motifs is 1. The molecule has 0 spiro atoms. The van der Waals surface area contributed by atoms with Crippen molar-refractivity contribution in [3.05, 3.63) is 30.0 Å². The number of aliphatic hydroxyl groups excluding tert-OH is 1. The van der Waals surface area contributed by atoms with Gasteiger partial charge in [-0.25, -0.2) is 0 Å². The molecule has 2 aliphatic rings. The van der Waals surface area contributed by atoms with Crippen molar-refractivity contribution in [2.75, 3.05) is 26.9 Å². The minimum Gasteiger partial charge on any atom is -0.497 e. The lowest BCUT2D eigenvalue weighted by Crippen LogP contribution is -2.53. The number of morpholine rings is 1. The molecule has 0 radical (unpaired) electrons. The molecule has 4 rings (SSSR count). The fourth-order valence-electron chi connectivity index (χ4n) is 4.16. The third-order valence-electron chi connectivity index (χ3n) is 5.51. The second kappa shape index (κ2) is 6.69. The van der Waals surface area contributed by atoms with Crippen molar-refractivity contribution >= 4 is 16.8 Å². The molecule has 25 heavy (non-hydrogen) atoms. The fraction of sp³-hybridized carbons (Fsp3) is 0.526. The number of ether oxygens (including phenoxy) is 2. The Morgan fingerprint density at radius 2 is 2.24 bits per heavy atom. The van der Waals surface area contributed by atoms with E-state index in [4.69, 9.17) is 9.47 Å². The lowest BCUT2D eigenvalue weighted by molar-refractivity contribution is -0.0385. The first-order valence-electron chi connectivity index (χ1n) is 8.91. The number of hydrogen-bond donors (Lipinski definition) is 2. The van der Waals surface area contributed by atoms with Crippen LogP contribution in [0.4, 0.5) is 0 Å². The van der Waals surface area contributed by atoms with Gasteiger partial charge in [0, 0.05) is 23.4 Å². The summed E-state index contributed by atoms with van der Waals surface area (Å²) in [6, 6.07) is 7.53. The Hall–Kier alpha value is -2.05. The van der Waals surface area contributed by atoms with Gasteiger partial charge in [0.1, 0.15) is 11.4 Å². The Labute approximate surface area is 146 Å². The normalized spacial score (nSPS) is 27.0. The van der Waals surface area contributed by atoms with Gasteiger partial charge in [-0.3, -0.25) is 4.79 Å². The van der Waals surface area contributed by atoms with E-state index < -0.39 is 0 Å². The van der Waals surface area contributed by atoms with Crippen molar-refractivity contribution in [3.63, 3.8) is 0 Å². The van der Waals surface area contributed by atoms with E-state index in [9.17, 15) is 9.90 Å². The first kappa shape index (κ1) is 16.4. The van der Waals surface area contributed by atoms with E-state index in [-0.39, 0.29) is 24.0 Å². The van der Waals surface area contributed by atoms with Crippen molar-refractivity contribution in [1.82, 2.24) is 9.88 Å². The number of amides is 1. The lowest BCUT2D eigenvalue weighted by Gasteiger charge is -2.39. The highest BCUT2D eigenvalue weighted by atomic mass is 16.5. The van der Waals surface area contributed by atoms with Crippen LogP contribution in [0.2, 0.25) is 0 Å². The van der Waals surface area contributed by atoms with Gasteiger partial charge >= 0.3 is 0 Å². The Balaban J connectivity index is 1.61. The van der Waals surface area contributed by atoms with E-state index in [1.165, 1.54) is 0 Å². The lowest BCUT2D eigenvalue weighted by atomic mass is 9.94. The van der Waals surface area contributed by atoms with E-state index in [1.54, 1.807) is 7.11 Å². The number of nitrogens with zero attached hydrogens (tertiary/aromatic N) is 1. The number of H-pyrrole nitrogens is 1. The predicted octanol–water partition coefficient (Wildman–Crippen LogP) is 2.18. The summed E-state index contributed by atoms with van der Waals surface area (Å²) >= 11 is 0. The van der Waals surface area contributed by atoms with Gasteiger partial charge in [0.2, 0.25) is 0 Å². The van der Waals surface area contributed by atoms with Gasteiger partial charge in [-0.15, -0.1) is 0 Å². The SMILES string of the molecule is COc1ccc2[nH]c(C(=O)N3CCOCC3C3CCCC3O)cc2c1. The van der Waals surface area contributed by atoms with Crippen LogP contribution < -0.4 is 4.74 Å². The monoisotopic (exact) mass is 344 g/mol. The zero-order valence-corrected chi connectivity index (χ0v) is 14.4. The molecule has 2 heterocycles. The second-order valence-electron chi connectivity index (χ2n) is 6.94. The topological polar surface area (TPSA) is 74.8 Å². The van der Waals surface area contributed by atoms with E-state index >= 15 is 0 Å². The molecule has 6 heteroatoms. The van der Waals surface area contributed by atoms with Crippen LogP contribution in [0.1, 0.15) is 29.8 Å². The van der Waals surface area contributed by atoms with Crippen molar-refractivity contribution in [1.29, 1.82) is 0 Å². The van der Waals surface area contributed by atoms with Crippen molar-refractivity contribution < 1.29 is 19.4 Å². The van der Waals surface area contributed by atoms with Crippen molar-refractivity contribution in [2.24, 2.45) is 5.92 Å². The molecular formula is C19H24N2O4. The van der Waals surface area contributed by atoms with Gasteiger partial charge in [0.05, 0.1) is 32.5 Å². The third-order valence-corrected chi connectivity index (χ3v) is 5.51. The standard InChI is InChI=1S/C19H24N2O4/c1-24-13-5-6-15-12(9-13)10-16(20-15)19(23)21-7-8-25-11-17(21)14-3-2-4-18(14)22/h5-6,9-10,14,17-18,20,22H,2-4,7-8,11H2,1H3. The molecule has 1 amide bonds. The molecule has 1 aromatic carbocycles. The van der Waals surface area contributed by atoms with E-state index in [0.29, 0.717) is 25.5 Å². The Bertz CT molecular complexity index is 772. The van der Waals surface area contributed by atoms with Gasteiger partial charge in [0.25, 0.3) is 5.91 Å². The number of aliphatic hydroxyl groups is 1. The minimum atomic E-state index is -0.339. The Morgan fingerprint density at radius 3 is 3.00 bits per heavy atom. The van der Waals surface area contributed by atoms with Crippen molar-refractivity contribution in [2.45, 2.75) is 31.4 Å². The number of carbonyl (C=O) groups excluding carboxylic acids is 1. The summed E-state index contributed by atoms with van der Waals surface area (Å²) in [5.74, 6) is 0.847. The number of rotatable bonds is 3. The highest BCUT2D eigenvalue weighted by Crippen LogP contribution is 2.33. The molecule has 3 unspecified atom stereocenters. The molecule has 1 aliphatic carbocycles. The molecule has 0 bridgehead atoms.